The Hall–Kier alpha value is -3.61. The fourth-order valence-corrected chi connectivity index (χ4v) is 3.27. The molecule has 0 saturated carbocycles. The molecule has 7 heteroatoms. The molecular weight excluding hydrogens is 354 g/mol. The average Bonchev–Trinajstić information content (AvgIpc) is 3.24. The van der Waals surface area contributed by atoms with E-state index in [1.807, 2.05) is 12.1 Å². The maximum atomic E-state index is 11.4. The van der Waals surface area contributed by atoms with Gasteiger partial charge in [-0.25, -0.2) is 9.78 Å². The fraction of sp³-hybridized carbons (Fsp3) is 0.190. The van der Waals surface area contributed by atoms with Gasteiger partial charge in [-0.05, 0) is 55.3 Å². The molecule has 2 aromatic carbocycles. The highest BCUT2D eigenvalue weighted by Gasteiger charge is 2.12. The number of benzene rings is 2. The standard InChI is InChI=1S/C21H21N5O2/c27-20(28)17-5-1-2-6-18(17)24-19-11-12-22-21(25-19)23-15-7-9-16(10-8-15)26-13-3-4-14-26/h1-2,5-12H,3-4,13-14H2,(H,27,28)(H2,22,23,24,25). The Morgan fingerprint density at radius 2 is 1.71 bits per heavy atom. The molecule has 1 saturated heterocycles. The highest BCUT2D eigenvalue weighted by Crippen LogP contribution is 2.24. The molecule has 0 amide bonds. The van der Waals surface area contributed by atoms with Crippen molar-refractivity contribution in [2.45, 2.75) is 12.8 Å². The minimum absolute atomic E-state index is 0.188. The maximum Gasteiger partial charge on any atom is 0.337 e. The van der Waals surface area contributed by atoms with Crippen molar-refractivity contribution in [1.82, 2.24) is 9.97 Å². The first-order valence-electron chi connectivity index (χ1n) is 9.23. The maximum absolute atomic E-state index is 11.4. The van der Waals surface area contributed by atoms with Crippen LogP contribution in [0.25, 0.3) is 0 Å². The molecule has 0 aliphatic carbocycles. The number of hydrogen-bond donors (Lipinski definition) is 3. The topological polar surface area (TPSA) is 90.4 Å². The van der Waals surface area contributed by atoms with Gasteiger partial charge in [0, 0.05) is 30.7 Å². The normalized spacial score (nSPS) is 13.4. The Kier molecular flexibility index (Phi) is 5.05. The first-order valence-corrected chi connectivity index (χ1v) is 9.23. The first-order chi connectivity index (χ1) is 13.7. The van der Waals surface area contributed by atoms with Crippen molar-refractivity contribution in [2.24, 2.45) is 0 Å². The molecule has 0 unspecified atom stereocenters. The second kappa shape index (κ2) is 7.96. The highest BCUT2D eigenvalue weighted by atomic mass is 16.4. The van der Waals surface area contributed by atoms with Crippen molar-refractivity contribution in [3.8, 4) is 0 Å². The van der Waals surface area contributed by atoms with Crippen molar-refractivity contribution in [3.05, 3.63) is 66.4 Å². The van der Waals surface area contributed by atoms with Crippen molar-refractivity contribution >= 4 is 34.8 Å². The number of nitrogens with one attached hydrogen (secondary N) is 2. The lowest BCUT2D eigenvalue weighted by Gasteiger charge is -2.17. The van der Waals surface area contributed by atoms with Crippen LogP contribution in [-0.4, -0.2) is 34.1 Å². The van der Waals surface area contributed by atoms with Crippen LogP contribution in [0.5, 0.6) is 0 Å². The van der Waals surface area contributed by atoms with Gasteiger partial charge in [-0.3, -0.25) is 0 Å². The number of aromatic carboxylic acids is 1. The molecule has 3 N–H and O–H groups in total. The predicted octanol–water partition coefficient (Wildman–Crippen LogP) is 4.26. The van der Waals surface area contributed by atoms with E-state index in [2.05, 4.69) is 37.6 Å². The minimum Gasteiger partial charge on any atom is -0.478 e. The Labute approximate surface area is 163 Å². The van der Waals surface area contributed by atoms with E-state index in [1.54, 1.807) is 36.5 Å². The van der Waals surface area contributed by atoms with Gasteiger partial charge in [0.2, 0.25) is 5.95 Å². The number of nitrogens with zero attached hydrogens (tertiary/aromatic N) is 3. The Bertz CT molecular complexity index is 969. The summed E-state index contributed by atoms with van der Waals surface area (Å²) < 4.78 is 0. The summed E-state index contributed by atoms with van der Waals surface area (Å²) in [6.45, 7) is 2.23. The van der Waals surface area contributed by atoms with Crippen LogP contribution in [-0.2, 0) is 0 Å². The third-order valence-electron chi connectivity index (χ3n) is 4.67. The summed E-state index contributed by atoms with van der Waals surface area (Å²) in [6.07, 6.45) is 4.12. The zero-order valence-corrected chi connectivity index (χ0v) is 15.3. The quantitative estimate of drug-likeness (QED) is 0.593. The zero-order chi connectivity index (χ0) is 19.3. The van der Waals surface area contributed by atoms with E-state index in [0.717, 1.165) is 18.8 Å². The molecule has 4 rings (SSSR count). The summed E-state index contributed by atoms with van der Waals surface area (Å²) in [5.41, 5.74) is 2.79. The molecule has 0 atom stereocenters. The van der Waals surface area contributed by atoms with Crippen LogP contribution in [0.4, 0.5) is 28.8 Å². The minimum atomic E-state index is -0.992. The molecule has 0 bridgehead atoms. The molecule has 3 aromatic rings. The van der Waals surface area contributed by atoms with Crippen LogP contribution in [0.1, 0.15) is 23.2 Å². The van der Waals surface area contributed by atoms with Crippen molar-refractivity contribution in [1.29, 1.82) is 0 Å². The van der Waals surface area contributed by atoms with E-state index in [-0.39, 0.29) is 5.56 Å². The summed E-state index contributed by atoms with van der Waals surface area (Å²) in [4.78, 5) is 22.4. The van der Waals surface area contributed by atoms with Gasteiger partial charge in [0.1, 0.15) is 5.82 Å². The molecule has 1 aliphatic rings. The van der Waals surface area contributed by atoms with Crippen LogP contribution in [0.2, 0.25) is 0 Å². The molecule has 1 aliphatic heterocycles. The number of carboxylic acids is 1. The molecule has 1 aromatic heterocycles. The van der Waals surface area contributed by atoms with Gasteiger partial charge >= 0.3 is 5.97 Å². The number of hydrogen-bond acceptors (Lipinski definition) is 6. The molecule has 0 radical (unpaired) electrons. The van der Waals surface area contributed by atoms with E-state index in [1.165, 1.54) is 18.5 Å². The van der Waals surface area contributed by atoms with Crippen LogP contribution < -0.4 is 15.5 Å². The lowest BCUT2D eigenvalue weighted by molar-refractivity contribution is 0.0698. The average molecular weight is 375 g/mol. The number of para-hydroxylation sites is 1. The molecule has 0 spiro atoms. The summed E-state index contributed by atoms with van der Waals surface area (Å²) in [5, 5.41) is 15.5. The summed E-state index contributed by atoms with van der Waals surface area (Å²) in [6, 6.07) is 16.6. The largest absolute Gasteiger partial charge is 0.478 e. The smallest absolute Gasteiger partial charge is 0.337 e. The van der Waals surface area contributed by atoms with E-state index >= 15 is 0 Å². The molecule has 2 heterocycles. The Morgan fingerprint density at radius 3 is 2.46 bits per heavy atom. The van der Waals surface area contributed by atoms with Crippen LogP contribution in [0.15, 0.2) is 60.8 Å². The number of rotatable bonds is 6. The number of carbonyl (C=O) groups is 1. The monoisotopic (exact) mass is 375 g/mol. The van der Waals surface area contributed by atoms with Crippen LogP contribution in [0, 0.1) is 0 Å². The number of anilines is 5. The van der Waals surface area contributed by atoms with Gasteiger partial charge in [0.25, 0.3) is 0 Å². The van der Waals surface area contributed by atoms with Gasteiger partial charge in [-0.2, -0.15) is 4.98 Å². The summed E-state index contributed by atoms with van der Waals surface area (Å²) in [5.74, 6) is -0.0415. The van der Waals surface area contributed by atoms with E-state index in [4.69, 9.17) is 0 Å². The third-order valence-corrected chi connectivity index (χ3v) is 4.67. The third kappa shape index (κ3) is 4.03. The molecule has 1 fully saturated rings. The van der Waals surface area contributed by atoms with Crippen LogP contribution >= 0.6 is 0 Å². The highest BCUT2D eigenvalue weighted by molar-refractivity contribution is 5.95. The molecule has 142 valence electrons. The molecule has 7 nitrogen and oxygen atoms in total. The Balaban J connectivity index is 1.47. The van der Waals surface area contributed by atoms with E-state index < -0.39 is 5.97 Å². The van der Waals surface area contributed by atoms with Gasteiger partial charge < -0.3 is 20.6 Å². The number of carboxylic acid groups (broad SMARTS) is 1. The lowest BCUT2D eigenvalue weighted by atomic mass is 10.2. The SMILES string of the molecule is O=C(O)c1ccccc1Nc1ccnc(Nc2ccc(N3CCCC3)cc2)n1. The molecule has 28 heavy (non-hydrogen) atoms. The Morgan fingerprint density at radius 1 is 0.964 bits per heavy atom. The summed E-state index contributed by atoms with van der Waals surface area (Å²) in [7, 11) is 0. The summed E-state index contributed by atoms with van der Waals surface area (Å²) >= 11 is 0. The fourth-order valence-electron chi connectivity index (χ4n) is 3.27. The lowest BCUT2D eigenvalue weighted by Crippen LogP contribution is -2.17. The van der Waals surface area contributed by atoms with Crippen molar-refractivity contribution in [2.75, 3.05) is 28.6 Å². The zero-order valence-electron chi connectivity index (χ0n) is 15.3. The van der Waals surface area contributed by atoms with E-state index in [9.17, 15) is 9.90 Å². The van der Waals surface area contributed by atoms with Gasteiger partial charge in [0.05, 0.1) is 11.3 Å². The second-order valence-electron chi connectivity index (χ2n) is 6.61. The predicted molar refractivity (Wildman–Crippen MR) is 110 cm³/mol. The number of aromatic nitrogens is 2. The first kappa shape index (κ1) is 17.8. The second-order valence-corrected chi connectivity index (χ2v) is 6.61. The van der Waals surface area contributed by atoms with Gasteiger partial charge in [0.15, 0.2) is 0 Å². The molecular formula is C21H21N5O2. The van der Waals surface area contributed by atoms with Gasteiger partial charge in [-0.1, -0.05) is 12.1 Å². The van der Waals surface area contributed by atoms with Crippen molar-refractivity contribution in [3.63, 3.8) is 0 Å². The van der Waals surface area contributed by atoms with E-state index in [0.29, 0.717) is 17.5 Å². The van der Waals surface area contributed by atoms with Crippen molar-refractivity contribution < 1.29 is 9.90 Å². The van der Waals surface area contributed by atoms with Crippen LogP contribution in [0.3, 0.4) is 0 Å². The van der Waals surface area contributed by atoms with Gasteiger partial charge in [-0.15, -0.1) is 0 Å².